The number of nitrogens with one attached hydrogen (secondary N) is 1. The second-order valence-electron chi connectivity index (χ2n) is 4.82. The van der Waals surface area contributed by atoms with Crippen LogP contribution in [0.4, 0.5) is 4.39 Å². The van der Waals surface area contributed by atoms with E-state index in [2.05, 4.69) is 27.3 Å². The molecule has 3 rings (SSSR count). The van der Waals surface area contributed by atoms with Crippen molar-refractivity contribution in [3.63, 3.8) is 0 Å². The maximum Gasteiger partial charge on any atom is 0.128 e. The van der Waals surface area contributed by atoms with Crippen molar-refractivity contribution in [1.82, 2.24) is 5.32 Å². The summed E-state index contributed by atoms with van der Waals surface area (Å²) >= 11 is 3.53. The summed E-state index contributed by atoms with van der Waals surface area (Å²) in [6, 6.07) is 10.7. The first kappa shape index (κ1) is 13.6. The third kappa shape index (κ3) is 2.34. The normalized spacial score (nSPS) is 14.8. The predicted octanol–water partition coefficient (Wildman–Crippen LogP) is 3.83. The summed E-state index contributed by atoms with van der Waals surface area (Å²) in [4.78, 5) is 0. The largest absolute Gasteiger partial charge is 0.493 e. The molecule has 20 heavy (non-hydrogen) atoms. The number of halogens is 2. The number of ether oxygens (including phenoxy) is 1. The smallest absolute Gasteiger partial charge is 0.128 e. The van der Waals surface area contributed by atoms with Gasteiger partial charge in [0, 0.05) is 22.0 Å². The van der Waals surface area contributed by atoms with Gasteiger partial charge in [0.05, 0.1) is 12.6 Å². The molecular weight excluding hydrogens is 321 g/mol. The van der Waals surface area contributed by atoms with Gasteiger partial charge in [-0.2, -0.15) is 0 Å². The van der Waals surface area contributed by atoms with E-state index >= 15 is 0 Å². The summed E-state index contributed by atoms with van der Waals surface area (Å²) in [7, 11) is 1.83. The Hall–Kier alpha value is -1.39. The van der Waals surface area contributed by atoms with Crippen molar-refractivity contribution >= 4 is 15.9 Å². The Kier molecular flexibility index (Phi) is 3.76. The van der Waals surface area contributed by atoms with Gasteiger partial charge in [0.25, 0.3) is 0 Å². The molecule has 0 aromatic heterocycles. The molecule has 1 aliphatic rings. The van der Waals surface area contributed by atoms with Crippen molar-refractivity contribution in [3.8, 4) is 5.75 Å². The molecule has 1 atom stereocenters. The van der Waals surface area contributed by atoms with Gasteiger partial charge < -0.3 is 10.1 Å². The molecule has 0 bridgehead atoms. The minimum Gasteiger partial charge on any atom is -0.493 e. The molecule has 0 aliphatic carbocycles. The molecule has 0 fully saturated rings. The van der Waals surface area contributed by atoms with Gasteiger partial charge in [-0.1, -0.05) is 34.1 Å². The molecule has 0 saturated carbocycles. The topological polar surface area (TPSA) is 21.3 Å². The Morgan fingerprint density at radius 1 is 1.25 bits per heavy atom. The summed E-state index contributed by atoms with van der Waals surface area (Å²) in [5.41, 5.74) is 2.77. The number of fused-ring (bicyclic) bond motifs is 1. The lowest BCUT2D eigenvalue weighted by Gasteiger charge is -2.20. The van der Waals surface area contributed by atoms with Crippen molar-refractivity contribution in [1.29, 1.82) is 0 Å². The van der Waals surface area contributed by atoms with Crippen LogP contribution < -0.4 is 10.1 Å². The Morgan fingerprint density at radius 2 is 2.05 bits per heavy atom. The second-order valence-corrected chi connectivity index (χ2v) is 5.74. The van der Waals surface area contributed by atoms with Crippen molar-refractivity contribution < 1.29 is 9.13 Å². The first-order valence-corrected chi connectivity index (χ1v) is 7.37. The van der Waals surface area contributed by atoms with Gasteiger partial charge in [-0.05, 0) is 30.8 Å². The lowest BCUT2D eigenvalue weighted by atomic mass is 9.95. The summed E-state index contributed by atoms with van der Waals surface area (Å²) < 4.78 is 20.8. The SMILES string of the molecule is CNC(c1ccccc1F)c1cc(Br)cc2c1OCC2. The van der Waals surface area contributed by atoms with E-state index < -0.39 is 0 Å². The maximum absolute atomic E-state index is 14.1. The summed E-state index contributed by atoms with van der Waals surface area (Å²) in [6.45, 7) is 0.687. The summed E-state index contributed by atoms with van der Waals surface area (Å²) in [5.74, 6) is 0.675. The van der Waals surface area contributed by atoms with E-state index in [0.717, 1.165) is 22.2 Å². The molecule has 1 aliphatic heterocycles. The fraction of sp³-hybridized carbons (Fsp3) is 0.250. The van der Waals surface area contributed by atoms with Gasteiger partial charge in [-0.15, -0.1) is 0 Å². The highest BCUT2D eigenvalue weighted by Crippen LogP contribution is 2.39. The minimum atomic E-state index is -0.222. The van der Waals surface area contributed by atoms with E-state index in [9.17, 15) is 4.39 Å². The van der Waals surface area contributed by atoms with Gasteiger partial charge in [0.1, 0.15) is 11.6 Å². The van der Waals surface area contributed by atoms with Gasteiger partial charge in [-0.3, -0.25) is 0 Å². The Bertz CT molecular complexity index is 644. The second kappa shape index (κ2) is 5.54. The molecule has 1 unspecified atom stereocenters. The standard InChI is InChI=1S/C16H15BrFNO/c1-19-15(12-4-2-3-5-14(12)18)13-9-11(17)8-10-6-7-20-16(10)13/h2-5,8-9,15,19H,6-7H2,1H3. The molecule has 0 saturated heterocycles. The molecule has 2 nitrogen and oxygen atoms in total. The van der Waals surface area contributed by atoms with Crippen molar-refractivity contribution in [2.45, 2.75) is 12.5 Å². The van der Waals surface area contributed by atoms with Crippen LogP contribution >= 0.6 is 15.9 Å². The zero-order chi connectivity index (χ0) is 14.1. The third-order valence-corrected chi connectivity index (χ3v) is 4.05. The van der Waals surface area contributed by atoms with Crippen LogP contribution in [0.3, 0.4) is 0 Å². The number of benzene rings is 2. The van der Waals surface area contributed by atoms with Gasteiger partial charge >= 0.3 is 0 Å². The maximum atomic E-state index is 14.1. The van der Waals surface area contributed by atoms with Crippen LogP contribution in [-0.4, -0.2) is 13.7 Å². The van der Waals surface area contributed by atoms with Gasteiger partial charge in [-0.25, -0.2) is 4.39 Å². The zero-order valence-corrected chi connectivity index (χ0v) is 12.7. The van der Waals surface area contributed by atoms with Crippen LogP contribution in [0.15, 0.2) is 40.9 Å². The van der Waals surface area contributed by atoms with Crippen LogP contribution in [0.1, 0.15) is 22.7 Å². The Labute approximate surface area is 126 Å². The van der Waals surface area contributed by atoms with Crippen LogP contribution in [0.5, 0.6) is 5.75 Å². The molecule has 0 spiro atoms. The van der Waals surface area contributed by atoms with Gasteiger partial charge in [0.2, 0.25) is 0 Å². The fourth-order valence-electron chi connectivity index (χ4n) is 2.70. The van der Waals surface area contributed by atoms with E-state index in [0.29, 0.717) is 12.2 Å². The average Bonchev–Trinajstić information content (AvgIpc) is 2.89. The Balaban J connectivity index is 2.13. The number of hydrogen-bond acceptors (Lipinski definition) is 2. The highest BCUT2D eigenvalue weighted by Gasteiger charge is 2.25. The first-order valence-electron chi connectivity index (χ1n) is 6.57. The first-order chi connectivity index (χ1) is 9.70. The molecule has 0 amide bonds. The number of rotatable bonds is 3. The van der Waals surface area contributed by atoms with E-state index in [-0.39, 0.29) is 11.9 Å². The average molecular weight is 336 g/mol. The lowest BCUT2D eigenvalue weighted by Crippen LogP contribution is -2.19. The van der Waals surface area contributed by atoms with E-state index in [1.165, 1.54) is 11.6 Å². The van der Waals surface area contributed by atoms with Crippen molar-refractivity contribution in [2.24, 2.45) is 0 Å². The Morgan fingerprint density at radius 3 is 2.80 bits per heavy atom. The van der Waals surface area contributed by atoms with Gasteiger partial charge in [0.15, 0.2) is 0 Å². The monoisotopic (exact) mass is 335 g/mol. The van der Waals surface area contributed by atoms with Crippen LogP contribution in [0, 0.1) is 5.82 Å². The van der Waals surface area contributed by atoms with Crippen LogP contribution in [-0.2, 0) is 6.42 Å². The molecule has 2 aromatic rings. The molecule has 1 N–H and O–H groups in total. The molecule has 4 heteroatoms. The fourth-order valence-corrected chi connectivity index (χ4v) is 3.22. The van der Waals surface area contributed by atoms with E-state index in [4.69, 9.17) is 4.74 Å². The van der Waals surface area contributed by atoms with Crippen molar-refractivity contribution in [2.75, 3.05) is 13.7 Å². The third-order valence-electron chi connectivity index (χ3n) is 3.59. The highest BCUT2D eigenvalue weighted by atomic mass is 79.9. The molecule has 0 radical (unpaired) electrons. The van der Waals surface area contributed by atoms with E-state index in [1.54, 1.807) is 12.1 Å². The molecule has 1 heterocycles. The van der Waals surface area contributed by atoms with Crippen LogP contribution in [0.2, 0.25) is 0 Å². The van der Waals surface area contributed by atoms with E-state index in [1.807, 2.05) is 19.2 Å². The number of hydrogen-bond donors (Lipinski definition) is 1. The van der Waals surface area contributed by atoms with Crippen LogP contribution in [0.25, 0.3) is 0 Å². The molecule has 104 valence electrons. The summed E-state index contributed by atoms with van der Waals surface area (Å²) in [6.07, 6.45) is 0.898. The minimum absolute atomic E-state index is 0.210. The van der Waals surface area contributed by atoms with Crippen molar-refractivity contribution in [3.05, 3.63) is 63.4 Å². The molecule has 2 aromatic carbocycles. The predicted molar refractivity (Wildman–Crippen MR) is 80.6 cm³/mol. The quantitative estimate of drug-likeness (QED) is 0.920. The summed E-state index contributed by atoms with van der Waals surface area (Å²) in [5, 5.41) is 3.19. The molecular formula is C16H15BrFNO. The highest BCUT2D eigenvalue weighted by molar-refractivity contribution is 9.10. The zero-order valence-electron chi connectivity index (χ0n) is 11.1. The lowest BCUT2D eigenvalue weighted by molar-refractivity contribution is 0.350.